The van der Waals surface area contributed by atoms with Crippen molar-refractivity contribution in [3.05, 3.63) is 24.3 Å². The Hall–Kier alpha value is -1.71. The zero-order valence-corrected chi connectivity index (χ0v) is 13.1. The van der Waals surface area contributed by atoms with Gasteiger partial charge in [0.1, 0.15) is 11.5 Å². The van der Waals surface area contributed by atoms with Gasteiger partial charge in [-0.3, -0.25) is 4.79 Å². The Labute approximate surface area is 127 Å². The van der Waals surface area contributed by atoms with Gasteiger partial charge in [-0.2, -0.15) is 0 Å². The van der Waals surface area contributed by atoms with Crippen molar-refractivity contribution in [3.63, 3.8) is 0 Å². The maximum absolute atomic E-state index is 11.1. The zero-order chi connectivity index (χ0) is 15.3. The second-order valence-electron chi connectivity index (χ2n) is 4.85. The molecule has 0 bridgehead atoms. The van der Waals surface area contributed by atoms with Crippen LogP contribution in [-0.2, 0) is 9.53 Å². The van der Waals surface area contributed by atoms with Crippen LogP contribution in [0.4, 0.5) is 0 Å². The van der Waals surface area contributed by atoms with Gasteiger partial charge in [-0.05, 0) is 44.0 Å². The van der Waals surface area contributed by atoms with E-state index in [9.17, 15) is 4.79 Å². The molecule has 1 aromatic carbocycles. The maximum Gasteiger partial charge on any atom is 0.305 e. The number of hydrogen-bond acceptors (Lipinski definition) is 4. The minimum Gasteiger partial charge on any atom is -0.497 e. The summed E-state index contributed by atoms with van der Waals surface area (Å²) in [4.78, 5) is 11.1. The summed E-state index contributed by atoms with van der Waals surface area (Å²) in [6.07, 6.45) is 5.81. The van der Waals surface area contributed by atoms with E-state index in [1.807, 2.05) is 31.2 Å². The van der Waals surface area contributed by atoms with Gasteiger partial charge in [-0.15, -0.1) is 0 Å². The van der Waals surface area contributed by atoms with Crippen LogP contribution in [0.25, 0.3) is 0 Å². The molecule has 0 heterocycles. The summed E-state index contributed by atoms with van der Waals surface area (Å²) >= 11 is 0. The third-order valence-electron chi connectivity index (χ3n) is 3.16. The Morgan fingerprint density at radius 2 is 1.57 bits per heavy atom. The predicted molar refractivity (Wildman–Crippen MR) is 82.8 cm³/mol. The largest absolute Gasteiger partial charge is 0.497 e. The smallest absolute Gasteiger partial charge is 0.305 e. The summed E-state index contributed by atoms with van der Waals surface area (Å²) in [7, 11) is 1.65. The first-order valence-electron chi connectivity index (χ1n) is 7.68. The Morgan fingerprint density at radius 3 is 2.24 bits per heavy atom. The van der Waals surface area contributed by atoms with E-state index in [1.54, 1.807) is 7.11 Å². The second kappa shape index (κ2) is 11.0. The first-order chi connectivity index (χ1) is 10.3. The number of methoxy groups -OCH3 is 1. The quantitative estimate of drug-likeness (QED) is 0.457. The predicted octanol–water partition coefficient (Wildman–Crippen LogP) is 3.98. The average Bonchev–Trinajstić information content (AvgIpc) is 2.51. The zero-order valence-electron chi connectivity index (χ0n) is 13.1. The highest BCUT2D eigenvalue weighted by Crippen LogP contribution is 2.17. The molecule has 1 aromatic rings. The number of rotatable bonds is 11. The monoisotopic (exact) mass is 294 g/mol. The van der Waals surface area contributed by atoms with Crippen LogP contribution < -0.4 is 9.47 Å². The topological polar surface area (TPSA) is 44.8 Å². The summed E-state index contributed by atoms with van der Waals surface area (Å²) in [5.74, 6) is 1.63. The molecule has 21 heavy (non-hydrogen) atoms. The molecule has 0 aliphatic carbocycles. The van der Waals surface area contributed by atoms with Crippen molar-refractivity contribution in [2.75, 3.05) is 20.3 Å². The minimum absolute atomic E-state index is 0.0830. The second-order valence-corrected chi connectivity index (χ2v) is 4.85. The highest BCUT2D eigenvalue weighted by Gasteiger charge is 2.00. The highest BCUT2D eigenvalue weighted by atomic mass is 16.5. The van der Waals surface area contributed by atoms with Crippen molar-refractivity contribution in [1.29, 1.82) is 0 Å². The van der Waals surface area contributed by atoms with E-state index in [4.69, 9.17) is 14.2 Å². The number of esters is 1. The van der Waals surface area contributed by atoms with Crippen molar-refractivity contribution in [3.8, 4) is 11.5 Å². The molecule has 4 nitrogen and oxygen atoms in total. The molecule has 0 aliphatic rings. The molecule has 0 spiro atoms. The SMILES string of the molecule is CCOC(=O)CCCCCCCOc1ccc(OC)cc1. The molecule has 0 aromatic heterocycles. The summed E-state index contributed by atoms with van der Waals surface area (Å²) in [5, 5.41) is 0. The lowest BCUT2D eigenvalue weighted by Crippen LogP contribution is -2.03. The molecule has 0 saturated carbocycles. The number of ether oxygens (including phenoxy) is 3. The van der Waals surface area contributed by atoms with Crippen LogP contribution >= 0.6 is 0 Å². The van der Waals surface area contributed by atoms with Crippen molar-refractivity contribution >= 4 is 5.97 Å². The molecule has 0 aliphatic heterocycles. The molecule has 0 N–H and O–H groups in total. The van der Waals surface area contributed by atoms with E-state index in [2.05, 4.69) is 0 Å². The molecular formula is C17H26O4. The van der Waals surface area contributed by atoms with Gasteiger partial charge in [0.15, 0.2) is 0 Å². The summed E-state index contributed by atoms with van der Waals surface area (Å²) in [5.41, 5.74) is 0. The molecule has 4 heteroatoms. The lowest BCUT2D eigenvalue weighted by molar-refractivity contribution is -0.143. The van der Waals surface area contributed by atoms with E-state index < -0.39 is 0 Å². The molecule has 0 saturated heterocycles. The lowest BCUT2D eigenvalue weighted by Gasteiger charge is -2.07. The molecule has 0 fully saturated rings. The van der Waals surface area contributed by atoms with Crippen LogP contribution in [0.2, 0.25) is 0 Å². The lowest BCUT2D eigenvalue weighted by atomic mass is 10.1. The van der Waals surface area contributed by atoms with Crippen molar-refractivity contribution in [2.24, 2.45) is 0 Å². The fourth-order valence-electron chi connectivity index (χ4n) is 2.00. The molecule has 0 unspecified atom stereocenters. The van der Waals surface area contributed by atoms with Crippen LogP contribution in [0, 0.1) is 0 Å². The summed E-state index contributed by atoms with van der Waals surface area (Å²) in [6.45, 7) is 3.03. The molecule has 0 atom stereocenters. The van der Waals surface area contributed by atoms with Gasteiger partial charge in [0.05, 0.1) is 20.3 Å². The number of carbonyl (C=O) groups excluding carboxylic acids is 1. The highest BCUT2D eigenvalue weighted by molar-refractivity contribution is 5.69. The molecule has 1 rings (SSSR count). The standard InChI is InChI=1S/C17H26O4/c1-3-20-17(18)9-7-5-4-6-8-14-21-16-12-10-15(19-2)11-13-16/h10-13H,3-9,14H2,1-2H3. The normalized spacial score (nSPS) is 10.2. The van der Waals surface area contributed by atoms with Gasteiger partial charge < -0.3 is 14.2 Å². The fourth-order valence-corrected chi connectivity index (χ4v) is 2.00. The Morgan fingerprint density at radius 1 is 0.952 bits per heavy atom. The van der Waals surface area contributed by atoms with E-state index in [0.717, 1.165) is 50.2 Å². The molecule has 0 radical (unpaired) electrons. The van der Waals surface area contributed by atoms with Gasteiger partial charge in [0, 0.05) is 6.42 Å². The molecule has 118 valence electrons. The van der Waals surface area contributed by atoms with E-state index >= 15 is 0 Å². The number of carbonyl (C=O) groups is 1. The van der Waals surface area contributed by atoms with Gasteiger partial charge in [-0.1, -0.05) is 19.3 Å². The molecular weight excluding hydrogens is 268 g/mol. The first-order valence-corrected chi connectivity index (χ1v) is 7.68. The van der Waals surface area contributed by atoms with Crippen LogP contribution in [0.15, 0.2) is 24.3 Å². The van der Waals surface area contributed by atoms with Gasteiger partial charge in [0.2, 0.25) is 0 Å². The number of hydrogen-bond donors (Lipinski definition) is 0. The summed E-state index contributed by atoms with van der Waals surface area (Å²) < 4.78 is 15.6. The summed E-state index contributed by atoms with van der Waals surface area (Å²) in [6, 6.07) is 7.62. The average molecular weight is 294 g/mol. The van der Waals surface area contributed by atoms with E-state index in [0.29, 0.717) is 13.0 Å². The van der Waals surface area contributed by atoms with Crippen LogP contribution in [0.1, 0.15) is 45.4 Å². The van der Waals surface area contributed by atoms with Crippen LogP contribution in [0.3, 0.4) is 0 Å². The van der Waals surface area contributed by atoms with E-state index in [-0.39, 0.29) is 5.97 Å². The van der Waals surface area contributed by atoms with Crippen molar-refractivity contribution < 1.29 is 19.0 Å². The van der Waals surface area contributed by atoms with Crippen LogP contribution in [-0.4, -0.2) is 26.3 Å². The Balaban J connectivity index is 1.95. The molecule has 0 amide bonds. The number of benzene rings is 1. The Kier molecular flexibility index (Phi) is 9.09. The Bertz CT molecular complexity index is 386. The van der Waals surface area contributed by atoms with Crippen LogP contribution in [0.5, 0.6) is 11.5 Å². The third-order valence-corrected chi connectivity index (χ3v) is 3.16. The van der Waals surface area contributed by atoms with Gasteiger partial charge in [0.25, 0.3) is 0 Å². The van der Waals surface area contributed by atoms with Crippen molar-refractivity contribution in [2.45, 2.75) is 45.4 Å². The minimum atomic E-state index is -0.0830. The van der Waals surface area contributed by atoms with Crippen molar-refractivity contribution in [1.82, 2.24) is 0 Å². The fraction of sp³-hybridized carbons (Fsp3) is 0.588. The van der Waals surface area contributed by atoms with Gasteiger partial charge in [-0.25, -0.2) is 0 Å². The van der Waals surface area contributed by atoms with E-state index in [1.165, 1.54) is 0 Å². The first kappa shape index (κ1) is 17.3. The number of unbranched alkanes of at least 4 members (excludes halogenated alkanes) is 4. The van der Waals surface area contributed by atoms with Gasteiger partial charge >= 0.3 is 5.97 Å². The third kappa shape index (κ3) is 8.23. The maximum atomic E-state index is 11.1.